The molecule has 101 heavy (non-hydrogen) atoms. The predicted octanol–water partition coefficient (Wildman–Crippen LogP) is 0.625. The van der Waals surface area contributed by atoms with Gasteiger partial charge in [0.2, 0.25) is 53.4 Å². The molecule has 35 heteroatoms. The fourth-order valence-electron chi connectivity index (χ4n) is 12.7. The highest BCUT2D eigenvalue weighted by molar-refractivity contribution is 6.32. The summed E-state index contributed by atoms with van der Waals surface area (Å²) in [5.41, 5.74) is 10.5. The van der Waals surface area contributed by atoms with Crippen LogP contribution in [0.15, 0.2) is 78.9 Å². The maximum atomic E-state index is 16.0. The molecule has 10 unspecified atom stereocenters. The Morgan fingerprint density at radius 2 is 1.31 bits per heavy atom. The lowest BCUT2D eigenvalue weighted by Crippen LogP contribution is -2.65. The van der Waals surface area contributed by atoms with Crippen LogP contribution in [0, 0.1) is 11.8 Å². The van der Waals surface area contributed by atoms with Crippen molar-refractivity contribution in [1.82, 2.24) is 37.3 Å². The molecule has 542 valence electrons. The normalized spacial score (nSPS) is 29.4. The molecule has 5 aromatic carbocycles. The quantitative estimate of drug-likeness (QED) is 0.0568. The van der Waals surface area contributed by atoms with E-state index < -0.39 is 225 Å². The van der Waals surface area contributed by atoms with E-state index in [0.717, 1.165) is 66.7 Å². The Labute approximate surface area is 584 Å². The topological polar surface area (TPSA) is 536 Å². The Morgan fingerprint density at radius 3 is 1.90 bits per heavy atom. The fraction of sp³-hybridized carbons (Fsp3) is 0.424. The molecule has 7 aliphatic heterocycles. The lowest BCUT2D eigenvalue weighted by molar-refractivity contribution is -0.330. The Kier molecular flexibility index (Phi) is 22.2. The average molecular weight is 1450 g/mol. The number of aliphatic hydroxyl groups is 5. The summed E-state index contributed by atoms with van der Waals surface area (Å²) < 4.78 is 38.7. The van der Waals surface area contributed by atoms with Crippen molar-refractivity contribution < 1.29 is 113 Å². The van der Waals surface area contributed by atoms with Gasteiger partial charge in [-0.2, -0.15) is 0 Å². The van der Waals surface area contributed by atoms with Gasteiger partial charge in [0.05, 0.1) is 28.7 Å². The van der Waals surface area contributed by atoms with Crippen LogP contribution in [0.4, 0.5) is 0 Å². The molecular formula is C66H76Cl2N10O23. The zero-order valence-electron chi connectivity index (χ0n) is 54.5. The fourth-order valence-corrected chi connectivity index (χ4v) is 13.1. The van der Waals surface area contributed by atoms with Crippen LogP contribution in [-0.2, 0) is 52.6 Å². The van der Waals surface area contributed by atoms with Crippen LogP contribution in [0.3, 0.4) is 0 Å². The summed E-state index contributed by atoms with van der Waals surface area (Å²) in [6.07, 6.45) is -17.8. The molecule has 7 heterocycles. The molecule has 0 saturated carbocycles. The summed E-state index contributed by atoms with van der Waals surface area (Å²) in [7, 11) is 0. The van der Waals surface area contributed by atoms with Gasteiger partial charge in [-0.25, -0.2) is 4.79 Å². The van der Waals surface area contributed by atoms with Gasteiger partial charge in [-0.3, -0.25) is 44.8 Å². The Balaban J connectivity index is 1.24. The standard InChI is InChI=1S/C66H76Cl2N10O23/c1-23(2)12-24(3)58(88)77-49-51(83)27-7-10-38(33(67)14-27)97-40-16-29-17-41(55(40)101-65-56(54(86)53(85)42(99-65)22-72-71)100-44-21-66(5,70)57(87)25(4)96-44)98-39-11-8-28(15-34(39)68)52(84)50-63(93)76-48(64(94)95)32-18-30(79)19-37(81)45(32)31-13-26(6-9-36(31)80)46(60(90)78-50)75-61(91)47(29)74-59(89)35(20-43(69)82)73-62(49)92/h6-11,13-19,23-25,35,42,44,46-54,56-57,65,72,79-81,83-87H,12,20-22,70-71H2,1-5H3,(H2,69,82)(H,73,92)(H,74,89)(H,75,91)(H,76,93)(H,77,88)(H,78,90)(H,94,95)/t24-,25?,35-,42?,44?,46?,47+,48+,49+,50-,51+,52+,53?,54?,56?,57?,65?,66?/m0/s1. The van der Waals surface area contributed by atoms with Crippen LogP contribution in [0.25, 0.3) is 11.1 Å². The van der Waals surface area contributed by atoms with Crippen molar-refractivity contribution in [2.75, 3.05) is 6.54 Å². The third-order valence-electron chi connectivity index (χ3n) is 17.8. The van der Waals surface area contributed by atoms with E-state index in [-0.39, 0.29) is 52.1 Å². The maximum Gasteiger partial charge on any atom is 0.330 e. The number of rotatable bonds is 13. The molecule has 0 aromatic heterocycles. The summed E-state index contributed by atoms with van der Waals surface area (Å²) in [5.74, 6) is -10.6. The summed E-state index contributed by atoms with van der Waals surface area (Å²) >= 11 is 14.1. The van der Waals surface area contributed by atoms with Crippen molar-refractivity contribution in [3.05, 3.63) is 117 Å². The highest BCUT2D eigenvalue weighted by atomic mass is 35.5. The van der Waals surface area contributed by atoms with Crippen LogP contribution in [0.5, 0.6) is 46.0 Å². The number of ether oxygens (including phenoxy) is 6. The first-order valence-electron chi connectivity index (χ1n) is 31.7. The second-order valence-electron chi connectivity index (χ2n) is 26.0. The first-order valence-corrected chi connectivity index (χ1v) is 32.5. The monoisotopic (exact) mass is 1450 g/mol. The number of phenolic OH excluding ortho intramolecular Hbond substituents is 3. The molecule has 0 spiro atoms. The summed E-state index contributed by atoms with van der Waals surface area (Å²) in [5, 5.41) is 118. The third-order valence-corrected chi connectivity index (χ3v) is 18.4. The molecule has 0 aliphatic carbocycles. The van der Waals surface area contributed by atoms with E-state index in [0.29, 0.717) is 6.42 Å². The van der Waals surface area contributed by atoms with E-state index in [1.54, 1.807) is 6.92 Å². The van der Waals surface area contributed by atoms with Crippen molar-refractivity contribution in [1.29, 1.82) is 0 Å². The minimum atomic E-state index is -2.33. The predicted molar refractivity (Wildman–Crippen MR) is 351 cm³/mol. The summed E-state index contributed by atoms with van der Waals surface area (Å²) in [6.45, 7) is 7.90. The van der Waals surface area contributed by atoms with Crippen molar-refractivity contribution in [2.45, 2.75) is 157 Å². The van der Waals surface area contributed by atoms with E-state index in [4.69, 9.17) is 68.9 Å². The molecule has 33 nitrogen and oxygen atoms in total. The Hall–Kier alpha value is -9.20. The van der Waals surface area contributed by atoms with Gasteiger partial charge in [0, 0.05) is 47.2 Å². The molecule has 7 aliphatic rings. The summed E-state index contributed by atoms with van der Waals surface area (Å²) in [6, 6.07) is 0.609. The number of fused-ring (bicyclic) bond motifs is 15. The largest absolute Gasteiger partial charge is 0.508 e. The van der Waals surface area contributed by atoms with Gasteiger partial charge in [-0.1, -0.05) is 62.2 Å². The number of nitrogens with two attached hydrogens (primary N) is 3. The second-order valence-corrected chi connectivity index (χ2v) is 26.8. The van der Waals surface area contributed by atoms with Gasteiger partial charge in [-0.15, -0.1) is 0 Å². The van der Waals surface area contributed by atoms with Gasteiger partial charge in [0.25, 0.3) is 0 Å². The maximum absolute atomic E-state index is 16.0. The first kappa shape index (κ1) is 74.5. The number of aliphatic carboxylic acids is 1. The minimum absolute atomic E-state index is 0.0369. The van der Waals surface area contributed by atoms with Gasteiger partial charge in [-0.05, 0) is 103 Å². The third kappa shape index (κ3) is 16.0. The lowest BCUT2D eigenvalue weighted by atomic mass is 9.86. The number of hydrogen-bond acceptors (Lipinski definition) is 25. The van der Waals surface area contributed by atoms with E-state index in [9.17, 15) is 69.9 Å². The minimum Gasteiger partial charge on any atom is -0.508 e. The van der Waals surface area contributed by atoms with Crippen LogP contribution in [0.2, 0.25) is 10.0 Å². The van der Waals surface area contributed by atoms with Crippen LogP contribution >= 0.6 is 23.2 Å². The zero-order valence-corrected chi connectivity index (χ0v) is 56.0. The number of nitrogens with one attached hydrogen (secondary N) is 7. The van der Waals surface area contributed by atoms with Crippen LogP contribution < -0.4 is 68.8 Å². The van der Waals surface area contributed by atoms with Crippen molar-refractivity contribution in [2.24, 2.45) is 29.1 Å². The molecule has 11 bridgehead atoms. The molecular weight excluding hydrogens is 1370 g/mol. The highest BCUT2D eigenvalue weighted by Crippen LogP contribution is 2.50. The van der Waals surface area contributed by atoms with E-state index in [1.165, 1.54) is 26.0 Å². The molecule has 18 atom stereocenters. The number of halogens is 2. The first-order chi connectivity index (χ1) is 47.6. The molecule has 7 amide bonds. The lowest BCUT2D eigenvalue weighted by Gasteiger charge is -2.47. The van der Waals surface area contributed by atoms with E-state index in [1.807, 2.05) is 13.8 Å². The number of aromatic hydroxyl groups is 3. The molecule has 12 rings (SSSR count). The number of phenols is 3. The molecule has 22 N–H and O–H groups in total. The van der Waals surface area contributed by atoms with E-state index >= 15 is 14.4 Å². The number of amides is 7. The molecule has 2 fully saturated rings. The molecule has 0 radical (unpaired) electrons. The number of benzene rings is 5. The Morgan fingerprint density at radius 1 is 0.703 bits per heavy atom. The number of carbonyl (C=O) groups is 8. The summed E-state index contributed by atoms with van der Waals surface area (Å²) in [4.78, 5) is 117. The SMILES string of the molecule is CC(C)C[C@H](C)C(=O)N[C@H]1C(=O)N[C@@H](CC(N)=O)C(=O)N[C@H]2C(=O)NC3C(=O)N[C@H](C(=O)N[C@@H](C(=O)O)c4cc(O)cc(O)c4-c4cc3ccc4O)[C@H](O)c3ccc(c(Cl)c3)Oc3cc2cc(c3OC2OC(CNN)C(O)C(O)C2OC2CC(C)(N)C(O)C(C)O2)Oc2ccc(cc2Cl)[C@H]1O. The smallest absolute Gasteiger partial charge is 0.330 e. The number of aliphatic hydroxyl groups excluding tert-OH is 5. The Bertz CT molecular complexity index is 4080. The van der Waals surface area contributed by atoms with Gasteiger partial charge >= 0.3 is 5.97 Å². The van der Waals surface area contributed by atoms with Crippen LogP contribution in [0.1, 0.15) is 112 Å². The molecule has 5 aromatic rings. The van der Waals surface area contributed by atoms with E-state index in [2.05, 4.69) is 37.3 Å². The number of primary amides is 1. The van der Waals surface area contributed by atoms with Crippen molar-refractivity contribution in [3.8, 4) is 57.1 Å². The number of carbonyl (C=O) groups excluding carboxylic acids is 7. The number of hydrogen-bond donors (Lipinski definition) is 19. The van der Waals surface area contributed by atoms with Crippen molar-refractivity contribution in [3.63, 3.8) is 0 Å². The zero-order chi connectivity index (χ0) is 73.5. The van der Waals surface area contributed by atoms with Gasteiger partial charge in [0.1, 0.15) is 89.5 Å². The van der Waals surface area contributed by atoms with Gasteiger partial charge in [0.15, 0.2) is 29.9 Å². The van der Waals surface area contributed by atoms with Gasteiger partial charge < -0.3 is 118 Å². The average Bonchev–Trinajstić information content (AvgIpc) is 0.748. The second kappa shape index (κ2) is 30.2. The number of hydrazine groups is 1. The number of carboxylic acid groups (broad SMARTS) is 1. The number of carboxylic acids is 1. The molecule has 2 saturated heterocycles. The van der Waals surface area contributed by atoms with Crippen LogP contribution in [-0.4, -0.2) is 173 Å². The highest BCUT2D eigenvalue weighted by Gasteiger charge is 2.51. The van der Waals surface area contributed by atoms with Crippen molar-refractivity contribution >= 4 is 70.5 Å².